The highest BCUT2D eigenvalue weighted by atomic mass is 16.3. The summed E-state index contributed by atoms with van der Waals surface area (Å²) in [7, 11) is 0. The summed E-state index contributed by atoms with van der Waals surface area (Å²) in [5.74, 6) is 6.83. The Balaban J connectivity index is 2.24. The van der Waals surface area contributed by atoms with Crippen LogP contribution in [-0.4, -0.2) is 9.97 Å². The van der Waals surface area contributed by atoms with E-state index < -0.39 is 0 Å². The van der Waals surface area contributed by atoms with Gasteiger partial charge in [0.15, 0.2) is 5.82 Å². The maximum absolute atomic E-state index is 5.55. The SMILES string of the molecule is CCc1nc(-c2coc3ccccc23)nc(NN)c1C. The van der Waals surface area contributed by atoms with E-state index in [2.05, 4.69) is 22.3 Å². The molecule has 2 heterocycles. The predicted molar refractivity (Wildman–Crippen MR) is 79.2 cm³/mol. The molecule has 102 valence electrons. The molecular formula is C15H16N4O. The van der Waals surface area contributed by atoms with Gasteiger partial charge in [0, 0.05) is 16.6 Å². The van der Waals surface area contributed by atoms with E-state index in [0.29, 0.717) is 11.6 Å². The predicted octanol–water partition coefficient (Wildman–Crippen LogP) is 3.05. The second-order valence-electron chi connectivity index (χ2n) is 4.61. The topological polar surface area (TPSA) is 77.0 Å². The highest BCUT2D eigenvalue weighted by molar-refractivity contribution is 5.92. The van der Waals surface area contributed by atoms with Gasteiger partial charge in [-0.25, -0.2) is 15.8 Å². The van der Waals surface area contributed by atoms with Crippen molar-refractivity contribution < 1.29 is 4.42 Å². The van der Waals surface area contributed by atoms with E-state index in [4.69, 9.17) is 10.3 Å². The molecule has 0 aliphatic carbocycles. The molecule has 0 unspecified atom stereocenters. The Morgan fingerprint density at radius 2 is 2.05 bits per heavy atom. The van der Waals surface area contributed by atoms with Crippen LogP contribution in [0, 0.1) is 6.92 Å². The Hall–Kier alpha value is -2.40. The summed E-state index contributed by atoms with van der Waals surface area (Å²) in [6, 6.07) is 7.84. The van der Waals surface area contributed by atoms with Crippen LogP contribution in [0.15, 0.2) is 34.9 Å². The van der Waals surface area contributed by atoms with Crippen LogP contribution in [0.4, 0.5) is 5.82 Å². The molecule has 0 saturated carbocycles. The molecule has 0 spiro atoms. The van der Waals surface area contributed by atoms with E-state index >= 15 is 0 Å². The lowest BCUT2D eigenvalue weighted by molar-refractivity contribution is 0.616. The average molecular weight is 268 g/mol. The molecule has 0 amide bonds. The minimum absolute atomic E-state index is 0.630. The first kappa shape index (κ1) is 12.6. The maximum Gasteiger partial charge on any atom is 0.165 e. The fourth-order valence-corrected chi connectivity index (χ4v) is 2.32. The third kappa shape index (κ3) is 1.92. The van der Waals surface area contributed by atoms with Crippen molar-refractivity contribution >= 4 is 16.8 Å². The molecule has 0 aliphatic heterocycles. The van der Waals surface area contributed by atoms with Gasteiger partial charge >= 0.3 is 0 Å². The van der Waals surface area contributed by atoms with Crippen molar-refractivity contribution in [3.8, 4) is 11.4 Å². The third-order valence-electron chi connectivity index (χ3n) is 3.44. The zero-order chi connectivity index (χ0) is 14.1. The van der Waals surface area contributed by atoms with Crippen molar-refractivity contribution in [3.63, 3.8) is 0 Å². The summed E-state index contributed by atoms with van der Waals surface area (Å²) < 4.78 is 5.55. The monoisotopic (exact) mass is 268 g/mol. The normalized spacial score (nSPS) is 10.9. The van der Waals surface area contributed by atoms with E-state index in [1.165, 1.54) is 0 Å². The summed E-state index contributed by atoms with van der Waals surface area (Å²) in [5.41, 5.74) is 6.30. The molecule has 0 aliphatic rings. The van der Waals surface area contributed by atoms with Gasteiger partial charge in [0.25, 0.3) is 0 Å². The molecule has 5 heteroatoms. The lowest BCUT2D eigenvalue weighted by Crippen LogP contribution is -2.13. The van der Waals surface area contributed by atoms with Gasteiger partial charge < -0.3 is 9.84 Å². The Labute approximate surface area is 116 Å². The molecule has 5 nitrogen and oxygen atoms in total. The minimum atomic E-state index is 0.630. The molecule has 0 atom stereocenters. The van der Waals surface area contributed by atoms with Crippen LogP contribution < -0.4 is 11.3 Å². The summed E-state index contributed by atoms with van der Waals surface area (Å²) in [6.07, 6.45) is 2.51. The molecule has 0 bridgehead atoms. The molecule has 0 radical (unpaired) electrons. The van der Waals surface area contributed by atoms with E-state index in [-0.39, 0.29) is 0 Å². The Morgan fingerprint density at radius 1 is 1.25 bits per heavy atom. The molecule has 3 aromatic rings. The summed E-state index contributed by atoms with van der Waals surface area (Å²) in [5, 5.41) is 1.00. The van der Waals surface area contributed by atoms with E-state index in [1.807, 2.05) is 31.2 Å². The van der Waals surface area contributed by atoms with Crippen LogP contribution in [0.25, 0.3) is 22.4 Å². The van der Waals surface area contributed by atoms with Crippen molar-refractivity contribution in [2.24, 2.45) is 5.84 Å². The standard InChI is InChI=1S/C15H16N4O/c1-3-12-9(2)14(19-16)18-15(17-12)11-8-20-13-7-5-4-6-10(11)13/h4-8H,3,16H2,1-2H3,(H,17,18,19). The van der Waals surface area contributed by atoms with Crippen LogP contribution in [0.5, 0.6) is 0 Å². The summed E-state index contributed by atoms with van der Waals surface area (Å²) >= 11 is 0. The second kappa shape index (κ2) is 4.94. The lowest BCUT2D eigenvalue weighted by Gasteiger charge is -2.10. The lowest BCUT2D eigenvalue weighted by atomic mass is 10.1. The van der Waals surface area contributed by atoms with E-state index in [9.17, 15) is 0 Å². The number of furan rings is 1. The Kier molecular flexibility index (Phi) is 3.12. The van der Waals surface area contributed by atoms with Gasteiger partial charge in [-0.15, -0.1) is 0 Å². The minimum Gasteiger partial charge on any atom is -0.464 e. The molecule has 2 aromatic heterocycles. The van der Waals surface area contributed by atoms with Crippen LogP contribution in [-0.2, 0) is 6.42 Å². The smallest absolute Gasteiger partial charge is 0.165 e. The van der Waals surface area contributed by atoms with Crippen molar-refractivity contribution in [2.75, 3.05) is 5.43 Å². The number of aromatic nitrogens is 2. The number of nitrogens with two attached hydrogens (primary N) is 1. The number of hydrazine groups is 1. The number of anilines is 1. The van der Waals surface area contributed by atoms with E-state index in [1.54, 1.807) is 6.26 Å². The van der Waals surface area contributed by atoms with Crippen molar-refractivity contribution in [3.05, 3.63) is 41.8 Å². The number of nitrogens with one attached hydrogen (secondary N) is 1. The maximum atomic E-state index is 5.55. The number of para-hydroxylation sites is 1. The van der Waals surface area contributed by atoms with Crippen LogP contribution in [0.2, 0.25) is 0 Å². The second-order valence-corrected chi connectivity index (χ2v) is 4.61. The van der Waals surface area contributed by atoms with Crippen molar-refractivity contribution in [1.29, 1.82) is 0 Å². The molecular weight excluding hydrogens is 252 g/mol. The van der Waals surface area contributed by atoms with Gasteiger partial charge in [-0.3, -0.25) is 0 Å². The molecule has 0 fully saturated rings. The number of aryl methyl sites for hydroxylation is 1. The summed E-state index contributed by atoms with van der Waals surface area (Å²) in [4.78, 5) is 9.11. The van der Waals surface area contributed by atoms with Gasteiger partial charge in [0.1, 0.15) is 17.7 Å². The van der Waals surface area contributed by atoms with Crippen molar-refractivity contribution in [1.82, 2.24) is 9.97 Å². The Morgan fingerprint density at radius 3 is 2.80 bits per heavy atom. The zero-order valence-corrected chi connectivity index (χ0v) is 11.5. The third-order valence-corrected chi connectivity index (χ3v) is 3.44. The van der Waals surface area contributed by atoms with Gasteiger partial charge in [-0.2, -0.15) is 0 Å². The zero-order valence-electron chi connectivity index (χ0n) is 11.5. The quantitative estimate of drug-likeness (QED) is 0.564. The fraction of sp³-hybridized carbons (Fsp3) is 0.200. The number of hydrogen-bond acceptors (Lipinski definition) is 5. The average Bonchev–Trinajstić information content (AvgIpc) is 2.91. The highest BCUT2D eigenvalue weighted by Crippen LogP contribution is 2.30. The van der Waals surface area contributed by atoms with Gasteiger partial charge in [-0.05, 0) is 19.4 Å². The van der Waals surface area contributed by atoms with Gasteiger partial charge in [0.05, 0.1) is 5.56 Å². The molecule has 3 N–H and O–H groups in total. The highest BCUT2D eigenvalue weighted by Gasteiger charge is 2.14. The summed E-state index contributed by atoms with van der Waals surface area (Å²) in [6.45, 7) is 4.03. The number of rotatable bonds is 3. The number of nitrogen functional groups attached to an aromatic ring is 1. The largest absolute Gasteiger partial charge is 0.464 e. The van der Waals surface area contributed by atoms with Crippen LogP contribution >= 0.6 is 0 Å². The first-order valence-corrected chi connectivity index (χ1v) is 6.55. The fourth-order valence-electron chi connectivity index (χ4n) is 2.32. The molecule has 1 aromatic carbocycles. The first-order valence-electron chi connectivity index (χ1n) is 6.55. The number of fused-ring (bicyclic) bond motifs is 1. The van der Waals surface area contributed by atoms with E-state index in [0.717, 1.165) is 34.2 Å². The Bertz CT molecular complexity index is 738. The molecule has 0 saturated heterocycles. The molecule has 3 rings (SSSR count). The number of benzene rings is 1. The van der Waals surface area contributed by atoms with Gasteiger partial charge in [0.2, 0.25) is 0 Å². The van der Waals surface area contributed by atoms with Gasteiger partial charge in [-0.1, -0.05) is 25.1 Å². The van der Waals surface area contributed by atoms with Crippen molar-refractivity contribution in [2.45, 2.75) is 20.3 Å². The number of hydrogen-bond donors (Lipinski definition) is 2. The first-order chi connectivity index (χ1) is 9.74. The number of nitrogens with zero attached hydrogens (tertiary/aromatic N) is 2. The van der Waals surface area contributed by atoms with Crippen LogP contribution in [0.3, 0.4) is 0 Å². The van der Waals surface area contributed by atoms with Crippen LogP contribution in [0.1, 0.15) is 18.2 Å². The molecule has 20 heavy (non-hydrogen) atoms.